The summed E-state index contributed by atoms with van der Waals surface area (Å²) in [5.41, 5.74) is 2.90. The van der Waals surface area contributed by atoms with Crippen LogP contribution in [0.5, 0.6) is 0 Å². The number of fused-ring (bicyclic) bond motifs is 1. The first kappa shape index (κ1) is 16.2. The predicted molar refractivity (Wildman–Crippen MR) is 96.1 cm³/mol. The predicted octanol–water partition coefficient (Wildman–Crippen LogP) is 3.76. The molecule has 0 aliphatic carbocycles. The second-order valence-electron chi connectivity index (χ2n) is 5.42. The van der Waals surface area contributed by atoms with E-state index in [1.807, 2.05) is 36.5 Å². The van der Waals surface area contributed by atoms with Crippen molar-refractivity contribution in [1.29, 1.82) is 0 Å². The standard InChI is InChI=1S/C17H17BrN2O2S/c1-12-6-7-14(18)10-17(12)23(21,22)20-9-8-13-11-19-16-5-3-2-4-15(13)16/h2-7,10-11,19-20H,8-9H2,1H3. The minimum Gasteiger partial charge on any atom is -0.361 e. The van der Waals surface area contributed by atoms with Crippen LogP contribution in [-0.4, -0.2) is 19.9 Å². The molecule has 0 fully saturated rings. The van der Waals surface area contributed by atoms with Crippen LogP contribution < -0.4 is 4.72 Å². The molecular formula is C17H17BrN2O2S. The van der Waals surface area contributed by atoms with Crippen LogP contribution in [0.25, 0.3) is 10.9 Å². The van der Waals surface area contributed by atoms with Gasteiger partial charge in [0.15, 0.2) is 0 Å². The van der Waals surface area contributed by atoms with E-state index in [4.69, 9.17) is 0 Å². The summed E-state index contributed by atoms with van der Waals surface area (Å²) in [7, 11) is -3.51. The molecule has 0 radical (unpaired) electrons. The van der Waals surface area contributed by atoms with Crippen molar-refractivity contribution in [3.05, 3.63) is 64.3 Å². The second kappa shape index (κ2) is 6.47. The molecule has 1 aromatic heterocycles. The summed E-state index contributed by atoms with van der Waals surface area (Å²) < 4.78 is 28.3. The Labute approximate surface area is 144 Å². The fraction of sp³-hybridized carbons (Fsp3) is 0.176. The van der Waals surface area contributed by atoms with Gasteiger partial charge in [-0.15, -0.1) is 0 Å². The Hall–Kier alpha value is -1.63. The molecular weight excluding hydrogens is 376 g/mol. The van der Waals surface area contributed by atoms with Crippen molar-refractivity contribution in [2.75, 3.05) is 6.54 Å². The molecule has 120 valence electrons. The molecule has 4 nitrogen and oxygen atoms in total. The maximum atomic E-state index is 12.5. The molecule has 0 saturated heterocycles. The number of para-hydroxylation sites is 1. The Morgan fingerprint density at radius 3 is 2.78 bits per heavy atom. The van der Waals surface area contributed by atoms with Crippen LogP contribution in [-0.2, 0) is 16.4 Å². The van der Waals surface area contributed by atoms with Gasteiger partial charge in [0.25, 0.3) is 0 Å². The van der Waals surface area contributed by atoms with Crippen LogP contribution >= 0.6 is 15.9 Å². The second-order valence-corrected chi connectivity index (χ2v) is 8.07. The van der Waals surface area contributed by atoms with Crippen LogP contribution in [0.3, 0.4) is 0 Å². The number of aryl methyl sites for hydroxylation is 1. The molecule has 0 spiro atoms. The van der Waals surface area contributed by atoms with Gasteiger partial charge >= 0.3 is 0 Å². The largest absolute Gasteiger partial charge is 0.361 e. The van der Waals surface area contributed by atoms with Crippen LogP contribution in [0.15, 0.2) is 58.0 Å². The summed E-state index contributed by atoms with van der Waals surface area (Å²) >= 11 is 3.32. The molecule has 6 heteroatoms. The highest BCUT2D eigenvalue weighted by molar-refractivity contribution is 9.10. The van der Waals surface area contributed by atoms with Gasteiger partial charge in [-0.05, 0) is 42.7 Å². The van der Waals surface area contributed by atoms with Crippen LogP contribution in [0.2, 0.25) is 0 Å². The molecule has 0 bridgehead atoms. The number of hydrogen-bond donors (Lipinski definition) is 2. The molecule has 0 atom stereocenters. The van der Waals surface area contributed by atoms with E-state index in [0.29, 0.717) is 17.9 Å². The maximum absolute atomic E-state index is 12.5. The number of rotatable bonds is 5. The molecule has 0 unspecified atom stereocenters. The zero-order valence-electron chi connectivity index (χ0n) is 12.6. The highest BCUT2D eigenvalue weighted by Gasteiger charge is 2.16. The quantitative estimate of drug-likeness (QED) is 0.694. The highest BCUT2D eigenvalue weighted by atomic mass is 79.9. The topological polar surface area (TPSA) is 62.0 Å². The van der Waals surface area contributed by atoms with Crippen molar-refractivity contribution >= 4 is 36.9 Å². The van der Waals surface area contributed by atoms with Gasteiger partial charge in [-0.2, -0.15) is 0 Å². The molecule has 1 heterocycles. The Balaban J connectivity index is 1.74. The number of sulfonamides is 1. The first-order valence-electron chi connectivity index (χ1n) is 7.28. The SMILES string of the molecule is Cc1ccc(Br)cc1S(=O)(=O)NCCc1c[nH]c2ccccc12. The van der Waals surface area contributed by atoms with Gasteiger partial charge in [-0.1, -0.05) is 40.2 Å². The van der Waals surface area contributed by atoms with Crippen molar-refractivity contribution in [3.8, 4) is 0 Å². The Morgan fingerprint density at radius 1 is 1.17 bits per heavy atom. The van der Waals surface area contributed by atoms with E-state index in [0.717, 1.165) is 26.5 Å². The fourth-order valence-corrected chi connectivity index (χ4v) is 4.41. The molecule has 3 aromatic rings. The molecule has 2 aromatic carbocycles. The summed E-state index contributed by atoms with van der Waals surface area (Å²) in [6, 6.07) is 13.3. The molecule has 3 rings (SSSR count). The van der Waals surface area contributed by atoms with Crippen molar-refractivity contribution < 1.29 is 8.42 Å². The summed E-state index contributed by atoms with van der Waals surface area (Å²) in [5, 5.41) is 1.13. The number of hydrogen-bond acceptors (Lipinski definition) is 2. The van der Waals surface area contributed by atoms with E-state index < -0.39 is 10.0 Å². The third-order valence-corrected chi connectivity index (χ3v) is 5.90. The number of aromatic nitrogens is 1. The van der Waals surface area contributed by atoms with Crippen LogP contribution in [0, 0.1) is 6.92 Å². The Bertz CT molecular complexity index is 948. The summed E-state index contributed by atoms with van der Waals surface area (Å²) in [6.07, 6.45) is 2.57. The lowest BCUT2D eigenvalue weighted by atomic mass is 10.1. The Morgan fingerprint density at radius 2 is 1.96 bits per heavy atom. The zero-order valence-corrected chi connectivity index (χ0v) is 15.0. The molecule has 0 aliphatic rings. The van der Waals surface area contributed by atoms with E-state index >= 15 is 0 Å². The van der Waals surface area contributed by atoms with Gasteiger partial charge in [0.05, 0.1) is 4.90 Å². The molecule has 23 heavy (non-hydrogen) atoms. The summed E-state index contributed by atoms with van der Waals surface area (Å²) in [5.74, 6) is 0. The van der Waals surface area contributed by atoms with Gasteiger partial charge < -0.3 is 4.98 Å². The normalized spacial score (nSPS) is 11.9. The minimum atomic E-state index is -3.51. The molecule has 0 saturated carbocycles. The van der Waals surface area contributed by atoms with Crippen molar-refractivity contribution in [3.63, 3.8) is 0 Å². The van der Waals surface area contributed by atoms with E-state index in [-0.39, 0.29) is 0 Å². The summed E-state index contributed by atoms with van der Waals surface area (Å²) in [4.78, 5) is 3.51. The third-order valence-electron chi connectivity index (χ3n) is 3.80. The average molecular weight is 393 g/mol. The van der Waals surface area contributed by atoms with Gasteiger partial charge in [0, 0.05) is 28.1 Å². The van der Waals surface area contributed by atoms with E-state index in [1.165, 1.54) is 0 Å². The molecule has 0 amide bonds. The molecule has 2 N–H and O–H groups in total. The third kappa shape index (κ3) is 3.49. The van der Waals surface area contributed by atoms with E-state index in [9.17, 15) is 8.42 Å². The smallest absolute Gasteiger partial charge is 0.240 e. The van der Waals surface area contributed by atoms with Crippen molar-refractivity contribution in [2.45, 2.75) is 18.2 Å². The van der Waals surface area contributed by atoms with E-state index in [1.54, 1.807) is 19.1 Å². The van der Waals surface area contributed by atoms with Crippen molar-refractivity contribution in [1.82, 2.24) is 9.71 Å². The zero-order chi connectivity index (χ0) is 16.4. The van der Waals surface area contributed by atoms with Gasteiger partial charge in [0.2, 0.25) is 10.0 Å². The first-order chi connectivity index (χ1) is 11.0. The highest BCUT2D eigenvalue weighted by Crippen LogP contribution is 2.21. The Kier molecular flexibility index (Phi) is 4.57. The van der Waals surface area contributed by atoms with Gasteiger partial charge in [-0.25, -0.2) is 13.1 Å². The number of halogens is 1. The van der Waals surface area contributed by atoms with Crippen LogP contribution in [0.4, 0.5) is 0 Å². The van der Waals surface area contributed by atoms with Gasteiger partial charge in [0.1, 0.15) is 0 Å². The average Bonchev–Trinajstić information content (AvgIpc) is 2.93. The number of benzene rings is 2. The fourth-order valence-electron chi connectivity index (χ4n) is 2.60. The van der Waals surface area contributed by atoms with E-state index in [2.05, 4.69) is 25.6 Å². The lowest BCUT2D eigenvalue weighted by Gasteiger charge is -2.09. The number of nitrogens with one attached hydrogen (secondary N) is 2. The minimum absolute atomic E-state index is 0.311. The van der Waals surface area contributed by atoms with Crippen molar-refractivity contribution in [2.24, 2.45) is 0 Å². The number of aromatic amines is 1. The number of H-pyrrole nitrogens is 1. The van der Waals surface area contributed by atoms with Crippen LogP contribution in [0.1, 0.15) is 11.1 Å². The monoisotopic (exact) mass is 392 g/mol. The lowest BCUT2D eigenvalue weighted by Crippen LogP contribution is -2.26. The lowest BCUT2D eigenvalue weighted by molar-refractivity contribution is 0.581. The first-order valence-corrected chi connectivity index (χ1v) is 9.56. The molecule has 0 aliphatic heterocycles. The van der Waals surface area contributed by atoms with Gasteiger partial charge in [-0.3, -0.25) is 0 Å². The summed E-state index contributed by atoms with van der Waals surface area (Å²) in [6.45, 7) is 2.15. The maximum Gasteiger partial charge on any atom is 0.240 e.